The fourth-order valence-corrected chi connectivity index (χ4v) is 2.52. The highest BCUT2D eigenvalue weighted by molar-refractivity contribution is 9.10. The second kappa shape index (κ2) is 5.54. The molecule has 0 fully saturated rings. The van der Waals surface area contributed by atoms with Crippen LogP contribution in [0.5, 0.6) is 11.5 Å². The molecule has 0 atom stereocenters. The van der Waals surface area contributed by atoms with Crippen molar-refractivity contribution in [1.29, 1.82) is 5.26 Å². The number of nitrogens with one attached hydrogen (secondary N) is 1. The van der Waals surface area contributed by atoms with Crippen molar-refractivity contribution in [3.8, 4) is 17.6 Å². The van der Waals surface area contributed by atoms with Crippen LogP contribution in [-0.4, -0.2) is 13.2 Å². The van der Waals surface area contributed by atoms with Gasteiger partial charge in [0, 0.05) is 16.6 Å². The van der Waals surface area contributed by atoms with E-state index in [1.807, 2.05) is 12.1 Å². The van der Waals surface area contributed by atoms with Gasteiger partial charge in [-0.3, -0.25) is 0 Å². The third-order valence-electron chi connectivity index (χ3n) is 3.08. The van der Waals surface area contributed by atoms with E-state index in [1.54, 1.807) is 18.2 Å². The van der Waals surface area contributed by atoms with Crippen LogP contribution in [0.3, 0.4) is 0 Å². The Labute approximate surface area is 130 Å². The van der Waals surface area contributed by atoms with Crippen molar-refractivity contribution in [3.05, 3.63) is 40.4 Å². The van der Waals surface area contributed by atoms with Crippen molar-refractivity contribution in [1.82, 2.24) is 0 Å². The number of anilines is 3. The third kappa shape index (κ3) is 2.73. The molecule has 0 radical (unpaired) electrons. The molecule has 0 saturated heterocycles. The minimum atomic E-state index is 0.525. The lowest BCUT2D eigenvalue weighted by Crippen LogP contribution is -2.15. The minimum absolute atomic E-state index is 0.525. The smallest absolute Gasteiger partial charge is 0.163 e. The van der Waals surface area contributed by atoms with Crippen LogP contribution in [0.2, 0.25) is 0 Å². The van der Waals surface area contributed by atoms with Gasteiger partial charge < -0.3 is 20.5 Å². The van der Waals surface area contributed by atoms with Crippen molar-refractivity contribution in [2.45, 2.75) is 0 Å². The maximum atomic E-state index is 8.88. The summed E-state index contributed by atoms with van der Waals surface area (Å²) >= 11 is 3.43. The zero-order valence-electron chi connectivity index (χ0n) is 11.0. The predicted octanol–water partition coefficient (Wildman–Crippen LogP) is 3.42. The number of halogens is 1. The quantitative estimate of drug-likeness (QED) is 0.815. The SMILES string of the molecule is N#Cc1ccc(Nc2cc3c(cc2N)OCCO3)c(Br)c1. The number of hydrogen-bond acceptors (Lipinski definition) is 5. The first-order valence-corrected chi connectivity index (χ1v) is 7.12. The van der Waals surface area contributed by atoms with Gasteiger partial charge in [0.1, 0.15) is 13.2 Å². The summed E-state index contributed by atoms with van der Waals surface area (Å²) < 4.78 is 11.8. The standard InChI is InChI=1S/C15H12BrN3O2/c16-10-5-9(8-17)1-2-12(10)19-13-7-15-14(6-11(13)18)20-3-4-21-15/h1-2,5-7,19H,3-4,18H2. The lowest BCUT2D eigenvalue weighted by atomic mass is 10.2. The van der Waals surface area contributed by atoms with Gasteiger partial charge >= 0.3 is 0 Å². The average molecular weight is 346 g/mol. The van der Waals surface area contributed by atoms with Crippen molar-refractivity contribution < 1.29 is 9.47 Å². The first-order valence-electron chi connectivity index (χ1n) is 6.33. The van der Waals surface area contributed by atoms with Crippen molar-refractivity contribution in [2.75, 3.05) is 24.3 Å². The molecule has 5 nitrogen and oxygen atoms in total. The lowest BCUT2D eigenvalue weighted by molar-refractivity contribution is 0.172. The molecule has 1 heterocycles. The highest BCUT2D eigenvalue weighted by Gasteiger charge is 2.15. The third-order valence-corrected chi connectivity index (χ3v) is 3.74. The van der Waals surface area contributed by atoms with Crippen LogP contribution < -0.4 is 20.5 Å². The second-order valence-electron chi connectivity index (χ2n) is 4.51. The van der Waals surface area contributed by atoms with Gasteiger partial charge in [-0.05, 0) is 34.1 Å². The molecule has 6 heteroatoms. The Balaban J connectivity index is 1.93. The van der Waals surface area contributed by atoms with Gasteiger partial charge in [0.05, 0.1) is 28.7 Å². The van der Waals surface area contributed by atoms with E-state index in [4.69, 9.17) is 20.5 Å². The Hall–Kier alpha value is -2.39. The van der Waals surface area contributed by atoms with E-state index in [0.29, 0.717) is 36.0 Å². The van der Waals surface area contributed by atoms with E-state index in [2.05, 4.69) is 27.3 Å². The van der Waals surface area contributed by atoms with Crippen LogP contribution >= 0.6 is 15.9 Å². The number of nitrogens with two attached hydrogens (primary N) is 1. The number of hydrogen-bond donors (Lipinski definition) is 2. The molecule has 3 N–H and O–H groups in total. The fraction of sp³-hybridized carbons (Fsp3) is 0.133. The Morgan fingerprint density at radius 2 is 1.81 bits per heavy atom. The van der Waals surface area contributed by atoms with E-state index in [1.165, 1.54) is 0 Å². The summed E-state index contributed by atoms with van der Waals surface area (Å²) in [6, 6.07) is 11.0. The highest BCUT2D eigenvalue weighted by Crippen LogP contribution is 2.39. The number of benzene rings is 2. The van der Waals surface area contributed by atoms with Gasteiger partial charge in [-0.2, -0.15) is 5.26 Å². The van der Waals surface area contributed by atoms with E-state index >= 15 is 0 Å². The lowest BCUT2D eigenvalue weighted by Gasteiger charge is -2.20. The summed E-state index contributed by atoms with van der Waals surface area (Å²) in [5, 5.41) is 12.1. The van der Waals surface area contributed by atoms with Crippen molar-refractivity contribution in [2.24, 2.45) is 0 Å². The molecule has 106 valence electrons. The second-order valence-corrected chi connectivity index (χ2v) is 5.37. The molecule has 2 aromatic rings. The van der Waals surface area contributed by atoms with Gasteiger partial charge in [-0.15, -0.1) is 0 Å². The van der Waals surface area contributed by atoms with Crippen molar-refractivity contribution in [3.63, 3.8) is 0 Å². The van der Waals surface area contributed by atoms with Gasteiger partial charge in [-0.1, -0.05) is 0 Å². The maximum absolute atomic E-state index is 8.88. The summed E-state index contributed by atoms with van der Waals surface area (Å²) in [6.45, 7) is 1.05. The number of rotatable bonds is 2. The first kappa shape index (κ1) is 13.6. The molecule has 0 aliphatic carbocycles. The normalized spacial score (nSPS) is 12.6. The first-order chi connectivity index (χ1) is 10.2. The molecule has 2 aromatic carbocycles. The average Bonchev–Trinajstić information content (AvgIpc) is 2.49. The number of nitriles is 1. The summed E-state index contributed by atoms with van der Waals surface area (Å²) in [7, 11) is 0. The monoisotopic (exact) mass is 345 g/mol. The number of ether oxygens (including phenoxy) is 2. The summed E-state index contributed by atoms with van der Waals surface area (Å²) in [5.74, 6) is 1.32. The predicted molar refractivity (Wildman–Crippen MR) is 84.0 cm³/mol. The largest absolute Gasteiger partial charge is 0.486 e. The van der Waals surface area contributed by atoms with Crippen molar-refractivity contribution >= 4 is 33.0 Å². The van der Waals surface area contributed by atoms with Crippen LogP contribution in [-0.2, 0) is 0 Å². The number of nitrogens with zero attached hydrogens (tertiary/aromatic N) is 1. The molecule has 0 aromatic heterocycles. The van der Waals surface area contributed by atoms with Gasteiger partial charge in [-0.25, -0.2) is 0 Å². The molecule has 0 amide bonds. The Morgan fingerprint density at radius 1 is 1.10 bits per heavy atom. The van der Waals surface area contributed by atoms with E-state index in [0.717, 1.165) is 15.8 Å². The Bertz CT molecular complexity index is 740. The summed E-state index contributed by atoms with van der Waals surface area (Å²) in [5.41, 5.74) is 8.73. The number of fused-ring (bicyclic) bond motifs is 1. The van der Waals surface area contributed by atoms with E-state index in [-0.39, 0.29) is 0 Å². The Kier molecular flexibility index (Phi) is 3.59. The molecule has 21 heavy (non-hydrogen) atoms. The van der Waals surface area contributed by atoms with Gasteiger partial charge in [0.25, 0.3) is 0 Å². The zero-order valence-corrected chi connectivity index (χ0v) is 12.6. The van der Waals surface area contributed by atoms with E-state index in [9.17, 15) is 0 Å². The topological polar surface area (TPSA) is 80.3 Å². The molecule has 0 spiro atoms. The van der Waals surface area contributed by atoms with Crippen LogP contribution in [0.1, 0.15) is 5.56 Å². The number of nitrogen functional groups attached to an aromatic ring is 1. The highest BCUT2D eigenvalue weighted by atomic mass is 79.9. The van der Waals surface area contributed by atoms with Crippen LogP contribution in [0.15, 0.2) is 34.8 Å². The molecule has 0 saturated carbocycles. The van der Waals surface area contributed by atoms with E-state index < -0.39 is 0 Å². The summed E-state index contributed by atoms with van der Waals surface area (Å²) in [4.78, 5) is 0. The van der Waals surface area contributed by atoms with Gasteiger partial charge in [0.15, 0.2) is 11.5 Å². The molecule has 3 rings (SSSR count). The maximum Gasteiger partial charge on any atom is 0.163 e. The molecule has 1 aliphatic rings. The Morgan fingerprint density at radius 3 is 2.48 bits per heavy atom. The van der Waals surface area contributed by atoms with Crippen LogP contribution in [0.4, 0.5) is 17.1 Å². The molecular formula is C15H12BrN3O2. The fourth-order valence-electron chi connectivity index (χ4n) is 2.04. The zero-order chi connectivity index (χ0) is 14.8. The minimum Gasteiger partial charge on any atom is -0.486 e. The molecular weight excluding hydrogens is 334 g/mol. The van der Waals surface area contributed by atoms with Crippen LogP contribution in [0, 0.1) is 11.3 Å². The summed E-state index contributed by atoms with van der Waals surface area (Å²) in [6.07, 6.45) is 0. The van der Waals surface area contributed by atoms with Gasteiger partial charge in [0.2, 0.25) is 0 Å². The molecule has 1 aliphatic heterocycles. The molecule has 0 unspecified atom stereocenters. The van der Waals surface area contributed by atoms with Crippen LogP contribution in [0.25, 0.3) is 0 Å². The molecule has 0 bridgehead atoms.